The van der Waals surface area contributed by atoms with Crippen molar-refractivity contribution in [2.75, 3.05) is 0 Å². The van der Waals surface area contributed by atoms with Gasteiger partial charge in [0.05, 0.1) is 6.42 Å². The van der Waals surface area contributed by atoms with E-state index < -0.39 is 23.1 Å². The molecular formula is C13H22O4. The van der Waals surface area contributed by atoms with Crippen LogP contribution in [0.4, 0.5) is 0 Å². The number of esters is 2. The summed E-state index contributed by atoms with van der Waals surface area (Å²) in [6.07, 6.45) is 3.58. The van der Waals surface area contributed by atoms with Crippen molar-refractivity contribution < 1.29 is 19.1 Å². The number of ether oxygens (including phenoxy) is 2. The fraction of sp³-hybridized carbons (Fsp3) is 0.692. The van der Waals surface area contributed by atoms with Gasteiger partial charge in [0.15, 0.2) is 0 Å². The third-order valence-electron chi connectivity index (χ3n) is 1.78. The molecule has 0 heterocycles. The Balaban J connectivity index is 4.46. The summed E-state index contributed by atoms with van der Waals surface area (Å²) in [7, 11) is 0. The zero-order valence-electron chi connectivity index (χ0n) is 11.5. The number of rotatable bonds is 4. The quantitative estimate of drug-likeness (QED) is 0.561. The third kappa shape index (κ3) is 6.76. The molecular weight excluding hydrogens is 220 g/mol. The van der Waals surface area contributed by atoms with Gasteiger partial charge in [-0.1, -0.05) is 12.2 Å². The minimum Gasteiger partial charge on any atom is -0.457 e. The molecule has 17 heavy (non-hydrogen) atoms. The van der Waals surface area contributed by atoms with E-state index in [1.165, 1.54) is 13.8 Å². The Morgan fingerprint density at radius 1 is 1.06 bits per heavy atom. The summed E-state index contributed by atoms with van der Waals surface area (Å²) in [5.74, 6) is -0.988. The highest BCUT2D eigenvalue weighted by Gasteiger charge is 2.36. The van der Waals surface area contributed by atoms with Crippen LogP contribution in [0.3, 0.4) is 0 Å². The van der Waals surface area contributed by atoms with E-state index in [0.29, 0.717) is 0 Å². The number of hydrogen-bond acceptors (Lipinski definition) is 4. The van der Waals surface area contributed by atoms with E-state index in [4.69, 9.17) is 9.47 Å². The Morgan fingerprint density at radius 3 is 2.00 bits per heavy atom. The predicted octanol–water partition coefficient (Wildman–Crippen LogP) is 2.62. The van der Waals surface area contributed by atoms with Crippen molar-refractivity contribution in [1.82, 2.24) is 0 Å². The maximum Gasteiger partial charge on any atom is 0.350 e. The third-order valence-corrected chi connectivity index (χ3v) is 1.78. The molecule has 4 heteroatoms. The van der Waals surface area contributed by atoms with E-state index >= 15 is 0 Å². The summed E-state index contributed by atoms with van der Waals surface area (Å²) in [6, 6.07) is 0. The standard InChI is InChI=1S/C13H22O4/c1-7-8-9-10(14)16-13(5,6)11(15)17-12(2,3)4/h7-8H,9H2,1-6H3. The maximum absolute atomic E-state index is 11.8. The second-order valence-electron chi connectivity index (χ2n) is 5.26. The summed E-state index contributed by atoms with van der Waals surface area (Å²) in [5.41, 5.74) is -1.85. The maximum atomic E-state index is 11.8. The molecule has 0 unspecified atom stereocenters. The SMILES string of the molecule is CC=CCC(=O)OC(C)(C)C(=O)OC(C)(C)C. The van der Waals surface area contributed by atoms with Crippen molar-refractivity contribution in [1.29, 1.82) is 0 Å². The molecule has 0 aliphatic carbocycles. The molecule has 0 N–H and O–H groups in total. The van der Waals surface area contributed by atoms with Crippen molar-refractivity contribution in [3.8, 4) is 0 Å². The molecule has 0 aromatic rings. The van der Waals surface area contributed by atoms with Crippen LogP contribution in [-0.4, -0.2) is 23.1 Å². The fourth-order valence-electron chi connectivity index (χ4n) is 0.983. The minimum absolute atomic E-state index is 0.155. The van der Waals surface area contributed by atoms with Crippen molar-refractivity contribution in [3.05, 3.63) is 12.2 Å². The molecule has 0 saturated carbocycles. The van der Waals surface area contributed by atoms with Crippen LogP contribution in [0.2, 0.25) is 0 Å². The van der Waals surface area contributed by atoms with Gasteiger partial charge in [0.25, 0.3) is 0 Å². The zero-order chi connectivity index (χ0) is 13.7. The van der Waals surface area contributed by atoms with Crippen molar-refractivity contribution in [3.63, 3.8) is 0 Å². The molecule has 0 bridgehead atoms. The Kier molecular flexibility index (Phi) is 5.39. The van der Waals surface area contributed by atoms with Crippen molar-refractivity contribution in [2.24, 2.45) is 0 Å². The van der Waals surface area contributed by atoms with E-state index in [1.54, 1.807) is 32.9 Å². The van der Waals surface area contributed by atoms with Gasteiger partial charge in [-0.05, 0) is 41.5 Å². The highest BCUT2D eigenvalue weighted by Crippen LogP contribution is 2.18. The Bertz CT molecular complexity index is 308. The Hall–Kier alpha value is -1.32. The summed E-state index contributed by atoms with van der Waals surface area (Å²) in [4.78, 5) is 23.2. The first-order valence-corrected chi connectivity index (χ1v) is 5.65. The van der Waals surface area contributed by atoms with Gasteiger partial charge in [-0.25, -0.2) is 4.79 Å². The molecule has 0 aliphatic heterocycles. The average molecular weight is 242 g/mol. The van der Waals surface area contributed by atoms with E-state index in [1.807, 2.05) is 6.92 Å². The topological polar surface area (TPSA) is 52.6 Å². The van der Waals surface area contributed by atoms with Crippen molar-refractivity contribution >= 4 is 11.9 Å². The minimum atomic E-state index is -1.26. The summed E-state index contributed by atoms with van der Waals surface area (Å²) < 4.78 is 10.3. The number of allylic oxidation sites excluding steroid dienone is 1. The molecule has 0 fully saturated rings. The van der Waals surface area contributed by atoms with Crippen LogP contribution < -0.4 is 0 Å². The Morgan fingerprint density at radius 2 is 1.59 bits per heavy atom. The van der Waals surface area contributed by atoms with Crippen LogP contribution in [0.1, 0.15) is 48.0 Å². The molecule has 0 aromatic heterocycles. The van der Waals surface area contributed by atoms with Crippen LogP contribution in [0, 0.1) is 0 Å². The highest BCUT2D eigenvalue weighted by atomic mass is 16.6. The van der Waals surface area contributed by atoms with E-state index in [9.17, 15) is 9.59 Å². The molecule has 0 amide bonds. The van der Waals surface area contributed by atoms with Crippen LogP contribution >= 0.6 is 0 Å². The van der Waals surface area contributed by atoms with Crippen LogP contribution in [0.5, 0.6) is 0 Å². The summed E-state index contributed by atoms with van der Waals surface area (Å²) in [5, 5.41) is 0. The molecule has 0 saturated heterocycles. The number of carbonyl (C=O) groups excluding carboxylic acids is 2. The van der Waals surface area contributed by atoms with E-state index in [0.717, 1.165) is 0 Å². The lowest BCUT2D eigenvalue weighted by molar-refractivity contribution is -0.186. The first-order chi connectivity index (χ1) is 7.58. The normalized spacial score (nSPS) is 12.6. The molecule has 0 radical (unpaired) electrons. The van der Waals surface area contributed by atoms with Crippen LogP contribution in [-0.2, 0) is 19.1 Å². The van der Waals surface area contributed by atoms with Gasteiger partial charge in [-0.3, -0.25) is 4.79 Å². The lowest BCUT2D eigenvalue weighted by Gasteiger charge is -2.28. The molecule has 0 rings (SSSR count). The van der Waals surface area contributed by atoms with E-state index in [2.05, 4.69) is 0 Å². The predicted molar refractivity (Wildman–Crippen MR) is 65.4 cm³/mol. The molecule has 4 nitrogen and oxygen atoms in total. The lowest BCUT2D eigenvalue weighted by Crippen LogP contribution is -2.42. The Labute approximate surface area is 103 Å². The average Bonchev–Trinajstić information content (AvgIpc) is 2.11. The van der Waals surface area contributed by atoms with Gasteiger partial charge in [0.2, 0.25) is 5.60 Å². The molecule has 0 aliphatic rings. The molecule has 98 valence electrons. The van der Waals surface area contributed by atoms with Gasteiger partial charge in [0, 0.05) is 0 Å². The van der Waals surface area contributed by atoms with Gasteiger partial charge in [0.1, 0.15) is 5.60 Å². The monoisotopic (exact) mass is 242 g/mol. The fourth-order valence-corrected chi connectivity index (χ4v) is 0.983. The largest absolute Gasteiger partial charge is 0.457 e. The number of carbonyl (C=O) groups is 2. The van der Waals surface area contributed by atoms with Crippen molar-refractivity contribution in [2.45, 2.75) is 59.2 Å². The molecule has 0 aromatic carbocycles. The van der Waals surface area contributed by atoms with Crippen LogP contribution in [0.25, 0.3) is 0 Å². The summed E-state index contributed by atoms with van der Waals surface area (Å²) in [6.45, 7) is 10.2. The summed E-state index contributed by atoms with van der Waals surface area (Å²) >= 11 is 0. The lowest BCUT2D eigenvalue weighted by atomic mass is 10.1. The second-order valence-corrected chi connectivity index (χ2v) is 5.26. The number of hydrogen-bond donors (Lipinski definition) is 0. The van der Waals surface area contributed by atoms with Gasteiger partial charge >= 0.3 is 11.9 Å². The highest BCUT2D eigenvalue weighted by molar-refractivity contribution is 5.83. The van der Waals surface area contributed by atoms with E-state index in [-0.39, 0.29) is 6.42 Å². The van der Waals surface area contributed by atoms with Crippen LogP contribution in [0.15, 0.2) is 12.2 Å². The zero-order valence-corrected chi connectivity index (χ0v) is 11.5. The van der Waals surface area contributed by atoms with Gasteiger partial charge in [-0.2, -0.15) is 0 Å². The molecule has 0 spiro atoms. The first-order valence-electron chi connectivity index (χ1n) is 5.65. The van der Waals surface area contributed by atoms with Gasteiger partial charge < -0.3 is 9.47 Å². The molecule has 0 atom stereocenters. The second kappa shape index (κ2) is 5.84. The smallest absolute Gasteiger partial charge is 0.350 e. The van der Waals surface area contributed by atoms with Gasteiger partial charge in [-0.15, -0.1) is 0 Å². The first kappa shape index (κ1) is 15.7.